The van der Waals surface area contributed by atoms with Crippen molar-refractivity contribution in [1.82, 2.24) is 4.90 Å². The summed E-state index contributed by atoms with van der Waals surface area (Å²) in [6, 6.07) is 0. The minimum atomic E-state index is -0.289. The van der Waals surface area contributed by atoms with Gasteiger partial charge in [0.2, 0.25) is 5.91 Å². The quantitative estimate of drug-likeness (QED) is 0.622. The summed E-state index contributed by atoms with van der Waals surface area (Å²) < 4.78 is 0. The molecule has 0 atom stereocenters. The molecule has 0 fully saturated rings. The molecule has 0 rings (SSSR count). The lowest BCUT2D eigenvalue weighted by molar-refractivity contribution is -0.120. The Bertz CT molecular complexity index is 180. The molecule has 0 radical (unpaired) electrons. The molecule has 0 aliphatic heterocycles. The third-order valence-corrected chi connectivity index (χ3v) is 2.48. The molecule has 14 heavy (non-hydrogen) atoms. The van der Waals surface area contributed by atoms with Gasteiger partial charge >= 0.3 is 0 Å². The lowest BCUT2D eigenvalue weighted by Crippen LogP contribution is -2.52. The fraction of sp³-hybridized carbons (Fsp3) is 0.900. The molecule has 0 bridgehead atoms. The standard InChI is InChI=1S/C10H23N3O/c1-4-5-6-13(7-9(12)14)10(2,3)8-11/h4-8,11H2,1-3H3,(H2,12,14). The number of nitrogens with zero attached hydrogens (tertiary/aromatic N) is 1. The monoisotopic (exact) mass is 201 g/mol. The molecule has 0 aromatic heterocycles. The number of primary amides is 1. The highest BCUT2D eigenvalue weighted by Gasteiger charge is 2.25. The number of rotatable bonds is 7. The smallest absolute Gasteiger partial charge is 0.231 e. The molecule has 0 spiro atoms. The minimum absolute atomic E-state index is 0.149. The van der Waals surface area contributed by atoms with E-state index in [1.165, 1.54) is 0 Å². The molecule has 4 heteroatoms. The van der Waals surface area contributed by atoms with E-state index in [-0.39, 0.29) is 11.4 Å². The Hall–Kier alpha value is -0.610. The van der Waals surface area contributed by atoms with Crippen LogP contribution in [0.4, 0.5) is 0 Å². The van der Waals surface area contributed by atoms with Crippen LogP contribution in [0.5, 0.6) is 0 Å². The second-order valence-corrected chi connectivity index (χ2v) is 4.26. The highest BCUT2D eigenvalue weighted by molar-refractivity contribution is 5.76. The van der Waals surface area contributed by atoms with Crippen LogP contribution in [0.25, 0.3) is 0 Å². The average Bonchev–Trinajstić information content (AvgIpc) is 2.11. The zero-order valence-electron chi connectivity index (χ0n) is 9.55. The highest BCUT2D eigenvalue weighted by Crippen LogP contribution is 2.13. The van der Waals surface area contributed by atoms with E-state index < -0.39 is 0 Å². The summed E-state index contributed by atoms with van der Waals surface area (Å²) in [6.07, 6.45) is 2.17. The first kappa shape index (κ1) is 13.4. The van der Waals surface area contributed by atoms with Crippen LogP contribution in [-0.4, -0.2) is 36.0 Å². The molecule has 0 aromatic rings. The Morgan fingerprint density at radius 3 is 2.36 bits per heavy atom. The second kappa shape index (κ2) is 5.98. The van der Waals surface area contributed by atoms with Crippen LogP contribution in [-0.2, 0) is 4.79 Å². The molecule has 0 unspecified atom stereocenters. The van der Waals surface area contributed by atoms with Crippen molar-refractivity contribution in [2.24, 2.45) is 11.5 Å². The topological polar surface area (TPSA) is 72.3 Å². The summed E-state index contributed by atoms with van der Waals surface area (Å²) >= 11 is 0. The first-order chi connectivity index (χ1) is 6.44. The van der Waals surface area contributed by atoms with Crippen molar-refractivity contribution in [3.63, 3.8) is 0 Å². The fourth-order valence-corrected chi connectivity index (χ4v) is 1.26. The Morgan fingerprint density at radius 1 is 1.43 bits per heavy atom. The van der Waals surface area contributed by atoms with E-state index in [0.717, 1.165) is 19.4 Å². The van der Waals surface area contributed by atoms with Gasteiger partial charge in [0.15, 0.2) is 0 Å². The Balaban J connectivity index is 4.29. The molecular formula is C10H23N3O. The van der Waals surface area contributed by atoms with Crippen LogP contribution in [0.2, 0.25) is 0 Å². The van der Waals surface area contributed by atoms with Crippen molar-refractivity contribution in [2.75, 3.05) is 19.6 Å². The third-order valence-electron chi connectivity index (χ3n) is 2.48. The third kappa shape index (κ3) is 4.58. The van der Waals surface area contributed by atoms with Crippen LogP contribution < -0.4 is 11.5 Å². The number of amides is 1. The van der Waals surface area contributed by atoms with Gasteiger partial charge < -0.3 is 11.5 Å². The number of nitrogens with two attached hydrogens (primary N) is 2. The van der Waals surface area contributed by atoms with Crippen LogP contribution in [0, 0.1) is 0 Å². The average molecular weight is 201 g/mol. The van der Waals surface area contributed by atoms with Crippen LogP contribution in [0.3, 0.4) is 0 Å². The van der Waals surface area contributed by atoms with Gasteiger partial charge in [-0.15, -0.1) is 0 Å². The molecule has 0 aliphatic rings. The van der Waals surface area contributed by atoms with Crippen LogP contribution in [0.1, 0.15) is 33.6 Å². The zero-order valence-corrected chi connectivity index (χ0v) is 9.55. The lowest BCUT2D eigenvalue weighted by Gasteiger charge is -2.36. The number of unbranched alkanes of at least 4 members (excludes halogenated alkanes) is 1. The predicted molar refractivity (Wildman–Crippen MR) is 58.8 cm³/mol. The summed E-state index contributed by atoms with van der Waals surface area (Å²) in [4.78, 5) is 12.9. The van der Waals surface area contributed by atoms with Gasteiger partial charge in [0.25, 0.3) is 0 Å². The predicted octanol–water partition coefficient (Wildman–Crippen LogP) is 0.311. The SMILES string of the molecule is CCCCN(CC(N)=O)C(C)(C)CN. The molecule has 4 nitrogen and oxygen atoms in total. The van der Waals surface area contributed by atoms with E-state index in [1.54, 1.807) is 0 Å². The van der Waals surface area contributed by atoms with E-state index in [4.69, 9.17) is 11.5 Å². The lowest BCUT2D eigenvalue weighted by atomic mass is 10.0. The highest BCUT2D eigenvalue weighted by atomic mass is 16.1. The first-order valence-corrected chi connectivity index (χ1v) is 5.17. The van der Waals surface area contributed by atoms with Crippen LogP contribution in [0.15, 0.2) is 0 Å². The van der Waals surface area contributed by atoms with Gasteiger partial charge in [-0.05, 0) is 26.8 Å². The Labute approximate surface area is 86.6 Å². The molecule has 0 saturated heterocycles. The van der Waals surface area contributed by atoms with Gasteiger partial charge in [0, 0.05) is 12.1 Å². The molecule has 84 valence electrons. The zero-order chi connectivity index (χ0) is 11.2. The van der Waals surface area contributed by atoms with Crippen LogP contribution >= 0.6 is 0 Å². The van der Waals surface area contributed by atoms with Gasteiger partial charge in [-0.2, -0.15) is 0 Å². The summed E-state index contributed by atoms with van der Waals surface area (Å²) in [7, 11) is 0. The van der Waals surface area contributed by atoms with E-state index in [2.05, 4.69) is 11.8 Å². The summed E-state index contributed by atoms with van der Waals surface area (Å²) in [5.74, 6) is -0.289. The van der Waals surface area contributed by atoms with Crippen molar-refractivity contribution < 1.29 is 4.79 Å². The molecule has 4 N–H and O–H groups in total. The maximum Gasteiger partial charge on any atom is 0.231 e. The van der Waals surface area contributed by atoms with E-state index in [9.17, 15) is 4.79 Å². The summed E-state index contributed by atoms with van der Waals surface area (Å²) in [5.41, 5.74) is 10.7. The molecule has 0 heterocycles. The second-order valence-electron chi connectivity index (χ2n) is 4.26. The molecular weight excluding hydrogens is 178 g/mol. The maximum atomic E-state index is 10.9. The summed E-state index contributed by atoms with van der Waals surface area (Å²) in [6.45, 7) is 7.90. The van der Waals surface area contributed by atoms with Gasteiger partial charge in [0.05, 0.1) is 6.54 Å². The minimum Gasteiger partial charge on any atom is -0.369 e. The number of hydrogen-bond acceptors (Lipinski definition) is 3. The van der Waals surface area contributed by atoms with Gasteiger partial charge in [-0.25, -0.2) is 0 Å². The van der Waals surface area contributed by atoms with Gasteiger partial charge in [0.1, 0.15) is 0 Å². The normalized spacial score (nSPS) is 12.1. The largest absolute Gasteiger partial charge is 0.369 e. The Kier molecular flexibility index (Phi) is 5.72. The molecule has 0 aliphatic carbocycles. The number of carbonyl (C=O) groups is 1. The van der Waals surface area contributed by atoms with Gasteiger partial charge in [-0.1, -0.05) is 13.3 Å². The Morgan fingerprint density at radius 2 is 2.00 bits per heavy atom. The number of carbonyl (C=O) groups excluding carboxylic acids is 1. The van der Waals surface area contributed by atoms with E-state index >= 15 is 0 Å². The first-order valence-electron chi connectivity index (χ1n) is 5.17. The molecule has 0 saturated carbocycles. The van der Waals surface area contributed by atoms with Crippen molar-refractivity contribution in [2.45, 2.75) is 39.2 Å². The van der Waals surface area contributed by atoms with Crippen molar-refractivity contribution in [3.8, 4) is 0 Å². The van der Waals surface area contributed by atoms with Gasteiger partial charge in [-0.3, -0.25) is 9.69 Å². The summed E-state index contributed by atoms with van der Waals surface area (Å²) in [5, 5.41) is 0. The maximum absolute atomic E-state index is 10.9. The fourth-order valence-electron chi connectivity index (χ4n) is 1.26. The van der Waals surface area contributed by atoms with E-state index in [0.29, 0.717) is 13.1 Å². The van der Waals surface area contributed by atoms with Crippen molar-refractivity contribution in [1.29, 1.82) is 0 Å². The van der Waals surface area contributed by atoms with Crippen molar-refractivity contribution >= 4 is 5.91 Å². The molecule has 1 amide bonds. The number of hydrogen-bond donors (Lipinski definition) is 2. The molecule has 0 aromatic carbocycles. The van der Waals surface area contributed by atoms with E-state index in [1.807, 2.05) is 13.8 Å². The van der Waals surface area contributed by atoms with Crippen molar-refractivity contribution in [3.05, 3.63) is 0 Å².